The minimum Gasteiger partial charge on any atom is -0.455 e. The highest BCUT2D eigenvalue weighted by atomic mass is 19.1. The van der Waals surface area contributed by atoms with E-state index in [1.165, 1.54) is 18.9 Å². The molecule has 0 radical (unpaired) electrons. The van der Waals surface area contributed by atoms with Crippen LogP contribution in [0.3, 0.4) is 0 Å². The number of amides is 1. The molecule has 3 aliphatic rings. The summed E-state index contributed by atoms with van der Waals surface area (Å²) in [6.45, 7) is 19.6. The molecule has 0 spiro atoms. The van der Waals surface area contributed by atoms with Crippen molar-refractivity contribution >= 4 is 34.7 Å². The van der Waals surface area contributed by atoms with E-state index in [9.17, 15) is 24.3 Å². The van der Waals surface area contributed by atoms with E-state index in [2.05, 4.69) is 23.4 Å². The van der Waals surface area contributed by atoms with E-state index < -0.39 is 89.2 Å². The number of aliphatic hydroxyl groups excluding tert-OH is 1. The number of rotatable bonds is 13. The second-order valence-corrected chi connectivity index (χ2v) is 17.6. The highest BCUT2D eigenvalue weighted by molar-refractivity contribution is 6.08. The number of Topliss-reactive ketones (excluding diaryl/α,β-unsaturated/α-hetero) is 2. The van der Waals surface area contributed by atoms with Crippen molar-refractivity contribution < 1.29 is 52.4 Å². The number of imidazole rings is 1. The molecular weight excluding hydrogens is 776 g/mol. The molecule has 3 aliphatic heterocycles. The number of alkyl halides is 1. The molecule has 1 amide bonds. The number of carbonyl (C=O) groups is 4. The van der Waals surface area contributed by atoms with E-state index in [4.69, 9.17) is 28.7 Å². The first-order valence-electron chi connectivity index (χ1n) is 21.6. The summed E-state index contributed by atoms with van der Waals surface area (Å²) in [6.07, 6.45) is -1.90. The Labute approximate surface area is 353 Å². The molecule has 0 saturated carbocycles. The number of methoxy groups -OCH3 is 1. The van der Waals surface area contributed by atoms with Gasteiger partial charge in [-0.1, -0.05) is 52.8 Å². The van der Waals surface area contributed by atoms with Gasteiger partial charge in [0.25, 0.3) is 5.67 Å². The third-order valence-corrected chi connectivity index (χ3v) is 13.2. The Morgan fingerprint density at radius 1 is 1.05 bits per heavy atom. The molecule has 1 aromatic heterocycles. The summed E-state index contributed by atoms with van der Waals surface area (Å²) < 4.78 is 49.8. The van der Waals surface area contributed by atoms with Crippen LogP contribution in [0.1, 0.15) is 100 Å². The monoisotopic (exact) mass is 842 g/mol. The van der Waals surface area contributed by atoms with Gasteiger partial charge in [0.05, 0.1) is 34.9 Å². The average Bonchev–Trinajstić information content (AvgIpc) is 3.71. The largest absolute Gasteiger partial charge is 0.455 e. The van der Waals surface area contributed by atoms with Crippen LogP contribution in [0.15, 0.2) is 36.9 Å². The third kappa shape index (κ3) is 9.20. The summed E-state index contributed by atoms with van der Waals surface area (Å²) in [4.78, 5) is 63.3. The van der Waals surface area contributed by atoms with Crippen LogP contribution in [0.5, 0.6) is 0 Å². The number of aliphatic hydroxyl groups is 1. The molecule has 334 valence electrons. The first-order valence-corrected chi connectivity index (χ1v) is 21.6. The van der Waals surface area contributed by atoms with Crippen LogP contribution in [-0.4, -0.2) is 123 Å². The Kier molecular flexibility index (Phi) is 15.1. The maximum atomic E-state index is 16.9. The van der Waals surface area contributed by atoms with Crippen molar-refractivity contribution in [3.63, 3.8) is 0 Å². The van der Waals surface area contributed by atoms with E-state index in [0.29, 0.717) is 32.4 Å². The predicted molar refractivity (Wildman–Crippen MR) is 223 cm³/mol. The van der Waals surface area contributed by atoms with Crippen molar-refractivity contribution in [1.29, 1.82) is 0 Å². The number of ether oxygens (including phenoxy) is 5. The van der Waals surface area contributed by atoms with Gasteiger partial charge in [-0.15, -0.1) is 6.58 Å². The molecular formula is C45H67FN4O10. The fourth-order valence-corrected chi connectivity index (χ4v) is 9.86. The number of carbonyl (C=O) groups excluding carboxylic acids is 4. The number of fused-ring (bicyclic) bond motifs is 2. The molecule has 0 aliphatic carbocycles. The zero-order valence-electron chi connectivity index (χ0n) is 37.1. The number of para-hydroxylation sites is 2. The highest BCUT2D eigenvalue weighted by Gasteiger charge is 2.61. The average molecular weight is 843 g/mol. The van der Waals surface area contributed by atoms with E-state index in [-0.39, 0.29) is 31.3 Å². The van der Waals surface area contributed by atoms with Crippen LogP contribution in [0.2, 0.25) is 0 Å². The second kappa shape index (κ2) is 19.1. The number of esters is 1. The van der Waals surface area contributed by atoms with Crippen LogP contribution >= 0.6 is 0 Å². The van der Waals surface area contributed by atoms with Gasteiger partial charge in [0.2, 0.25) is 0 Å². The third-order valence-electron chi connectivity index (χ3n) is 13.2. The molecule has 3 saturated heterocycles. The Hall–Kier alpha value is -3.76. The summed E-state index contributed by atoms with van der Waals surface area (Å²) >= 11 is 0. The fraction of sp³-hybridized carbons (Fsp3) is 0.711. The first kappa shape index (κ1) is 47.3. The number of ketones is 2. The van der Waals surface area contributed by atoms with Crippen molar-refractivity contribution in [3.05, 3.63) is 42.7 Å². The number of cyclic esters (lactones) is 1. The first-order chi connectivity index (χ1) is 28.3. The van der Waals surface area contributed by atoms with Crippen LogP contribution in [0, 0.1) is 17.8 Å². The summed E-state index contributed by atoms with van der Waals surface area (Å²) in [6, 6.07) is 6.56. The van der Waals surface area contributed by atoms with Crippen LogP contribution in [0.25, 0.3) is 11.0 Å². The quantitative estimate of drug-likeness (QED) is 0.106. The molecule has 5 rings (SSSR count). The normalized spacial score (nSPS) is 37.1. The molecule has 15 heteroatoms. The van der Waals surface area contributed by atoms with Gasteiger partial charge >= 0.3 is 12.1 Å². The lowest BCUT2D eigenvalue weighted by molar-refractivity contribution is -0.290. The SMILES string of the molecule is C=CCN[C@H]1C[C@@H](C)O[C@@H](O[C@@H]2[C@H](C)C(=O)[C@](C)(F)C(=O)O[C@H](CC)[C@@]3(C)OC(=O)N(CCCCn4c(CC)nc5ccccc54)C3[C@@H](C)C(=O)[C@H](C)C[C@@]2(C)OC)[C@H]1O. The number of benzene rings is 1. The van der Waals surface area contributed by atoms with Gasteiger partial charge in [-0.25, -0.2) is 19.0 Å². The Morgan fingerprint density at radius 3 is 2.38 bits per heavy atom. The van der Waals surface area contributed by atoms with Gasteiger partial charge in [0, 0.05) is 57.0 Å². The molecule has 60 heavy (non-hydrogen) atoms. The number of hydrogen-bond donors (Lipinski definition) is 2. The van der Waals surface area contributed by atoms with Crippen molar-refractivity contribution in [1.82, 2.24) is 19.8 Å². The van der Waals surface area contributed by atoms with E-state index in [1.54, 1.807) is 40.7 Å². The Morgan fingerprint density at radius 2 is 1.73 bits per heavy atom. The minimum absolute atomic E-state index is 0.00696. The van der Waals surface area contributed by atoms with Gasteiger partial charge < -0.3 is 43.6 Å². The van der Waals surface area contributed by atoms with Gasteiger partial charge in [-0.05, 0) is 71.9 Å². The number of hydrogen-bond acceptors (Lipinski definition) is 12. The molecule has 0 bridgehead atoms. The summed E-state index contributed by atoms with van der Waals surface area (Å²) in [7, 11) is 1.40. The van der Waals surface area contributed by atoms with Gasteiger partial charge in [0.15, 0.2) is 17.7 Å². The topological polar surface area (TPSA) is 168 Å². The number of nitrogens with one attached hydrogen (secondary N) is 1. The van der Waals surface area contributed by atoms with Crippen molar-refractivity contribution in [3.8, 4) is 0 Å². The van der Waals surface area contributed by atoms with Crippen LogP contribution in [0.4, 0.5) is 9.18 Å². The molecule has 14 nitrogen and oxygen atoms in total. The maximum absolute atomic E-state index is 16.9. The molecule has 13 atom stereocenters. The number of aryl methyl sites for hydroxylation is 2. The van der Waals surface area contributed by atoms with Gasteiger partial charge in [-0.3, -0.25) is 9.59 Å². The van der Waals surface area contributed by atoms with Gasteiger partial charge in [0.1, 0.15) is 23.8 Å². The number of halogens is 1. The number of nitrogens with zero attached hydrogens (tertiary/aromatic N) is 3. The molecule has 2 N–H and O–H groups in total. The van der Waals surface area contributed by atoms with Crippen molar-refractivity contribution in [2.45, 2.75) is 167 Å². The zero-order valence-corrected chi connectivity index (χ0v) is 37.1. The van der Waals surface area contributed by atoms with E-state index in [1.807, 2.05) is 31.2 Å². The van der Waals surface area contributed by atoms with Crippen LogP contribution < -0.4 is 5.32 Å². The predicted octanol–water partition coefficient (Wildman–Crippen LogP) is 5.89. The minimum atomic E-state index is -3.18. The Bertz CT molecular complexity index is 1870. The lowest BCUT2D eigenvalue weighted by Crippen LogP contribution is -2.62. The lowest BCUT2D eigenvalue weighted by atomic mass is 9.73. The van der Waals surface area contributed by atoms with E-state index >= 15 is 4.39 Å². The molecule has 1 aromatic carbocycles. The standard InChI is InChI=1S/C45H67FN4O10/c1-12-21-47-31-24-27(5)57-40(36(31)52)59-39-29(7)38(53)44(9,46)41(54)58-33(13-2)45(10)37(28(6)35(51)26(4)25-43(39,8)56-11)50(42(55)60-45)23-18-17-22-49-32-20-16-15-19-30(32)48-34(49)14-3/h12,15-16,19-20,26-29,31,33,36-37,39-40,47,52H,1,13-14,17-18,21-25H2,2-11H3/t26-,27-,28+,29-,31+,33-,36+,37?,39-,40+,43-,44+,45-/m1/s1. The molecule has 1 unspecified atom stereocenters. The maximum Gasteiger partial charge on any atom is 0.410 e. The lowest BCUT2D eigenvalue weighted by Gasteiger charge is -2.46. The van der Waals surface area contributed by atoms with Gasteiger partial charge in [-0.2, -0.15) is 0 Å². The number of unbranched alkanes of at least 4 members (excludes halogenated alkanes) is 1. The highest BCUT2D eigenvalue weighted by Crippen LogP contribution is 2.43. The van der Waals surface area contributed by atoms with Crippen molar-refractivity contribution in [2.24, 2.45) is 17.8 Å². The summed E-state index contributed by atoms with van der Waals surface area (Å²) in [5.41, 5.74) is -4.29. The zero-order chi connectivity index (χ0) is 44.3. The van der Waals surface area contributed by atoms with Crippen LogP contribution in [-0.2, 0) is 51.0 Å². The Balaban J connectivity index is 1.49. The molecule has 4 heterocycles. The molecule has 2 aromatic rings. The molecule has 3 fully saturated rings. The smallest absolute Gasteiger partial charge is 0.410 e. The van der Waals surface area contributed by atoms with E-state index in [0.717, 1.165) is 30.2 Å². The second-order valence-electron chi connectivity index (χ2n) is 17.6. The fourth-order valence-electron chi connectivity index (χ4n) is 9.86. The van der Waals surface area contributed by atoms with Crippen molar-refractivity contribution in [2.75, 3.05) is 20.2 Å². The summed E-state index contributed by atoms with van der Waals surface area (Å²) in [5, 5.41) is 14.6. The summed E-state index contributed by atoms with van der Waals surface area (Å²) in [5.74, 6) is -4.85. The number of aromatic nitrogens is 2.